The number of para-hydroxylation sites is 1. The zero-order valence-corrected chi connectivity index (χ0v) is 12.0. The Morgan fingerprint density at radius 1 is 1.17 bits per heavy atom. The predicted molar refractivity (Wildman–Crippen MR) is 79.5 cm³/mol. The van der Waals surface area contributed by atoms with Crippen LogP contribution in [0.3, 0.4) is 0 Å². The number of anilines is 1. The molecule has 1 aliphatic heterocycles. The maximum Gasteiger partial charge on any atom is 0.0431 e. The third-order valence-corrected chi connectivity index (χ3v) is 3.96. The lowest BCUT2D eigenvalue weighted by Crippen LogP contribution is -2.32. The summed E-state index contributed by atoms with van der Waals surface area (Å²) in [6, 6.07) is 7.45. The quantitative estimate of drug-likeness (QED) is 0.859. The third kappa shape index (κ3) is 2.69. The largest absolute Gasteiger partial charge is 0.369 e. The van der Waals surface area contributed by atoms with Crippen molar-refractivity contribution < 1.29 is 0 Å². The number of nitrogens with one attached hydrogen (secondary N) is 1. The molecule has 1 fully saturated rings. The Morgan fingerprint density at radius 2 is 1.83 bits per heavy atom. The molecule has 1 heterocycles. The predicted octanol–water partition coefficient (Wildman–Crippen LogP) is 3.00. The standard InChI is InChI=1S/C16H26N2/c1-4-13-8-7-9-14(5-2)16(13)18-11-10-15(12-18)17-6-3/h7-9,15,17H,4-6,10-12H2,1-3H3. The van der Waals surface area contributed by atoms with Gasteiger partial charge in [-0.25, -0.2) is 0 Å². The van der Waals surface area contributed by atoms with Crippen LogP contribution in [-0.2, 0) is 12.8 Å². The minimum atomic E-state index is 0.671. The highest BCUT2D eigenvalue weighted by atomic mass is 15.2. The lowest BCUT2D eigenvalue weighted by atomic mass is 10.0. The number of hydrogen-bond donors (Lipinski definition) is 1. The molecule has 100 valence electrons. The lowest BCUT2D eigenvalue weighted by molar-refractivity contribution is 0.572. The molecular weight excluding hydrogens is 220 g/mol. The van der Waals surface area contributed by atoms with Crippen molar-refractivity contribution in [3.8, 4) is 0 Å². The van der Waals surface area contributed by atoms with Gasteiger partial charge in [0.15, 0.2) is 0 Å². The lowest BCUT2D eigenvalue weighted by Gasteiger charge is -2.25. The highest BCUT2D eigenvalue weighted by molar-refractivity contribution is 5.60. The van der Waals surface area contributed by atoms with E-state index in [1.165, 1.54) is 29.8 Å². The molecule has 0 spiro atoms. The van der Waals surface area contributed by atoms with Crippen LogP contribution in [0.15, 0.2) is 18.2 Å². The number of hydrogen-bond acceptors (Lipinski definition) is 2. The highest BCUT2D eigenvalue weighted by Crippen LogP contribution is 2.29. The van der Waals surface area contributed by atoms with Crippen LogP contribution < -0.4 is 10.2 Å². The topological polar surface area (TPSA) is 15.3 Å². The van der Waals surface area contributed by atoms with Gasteiger partial charge in [0.05, 0.1) is 0 Å². The van der Waals surface area contributed by atoms with E-state index in [4.69, 9.17) is 0 Å². The molecular formula is C16H26N2. The van der Waals surface area contributed by atoms with Crippen molar-refractivity contribution in [2.24, 2.45) is 0 Å². The van der Waals surface area contributed by atoms with Crippen molar-refractivity contribution >= 4 is 5.69 Å². The summed E-state index contributed by atoms with van der Waals surface area (Å²) in [7, 11) is 0. The average molecular weight is 246 g/mol. The average Bonchev–Trinajstić information content (AvgIpc) is 2.86. The first-order valence-corrected chi connectivity index (χ1v) is 7.39. The molecule has 1 aromatic carbocycles. The van der Waals surface area contributed by atoms with Crippen LogP contribution in [-0.4, -0.2) is 25.7 Å². The van der Waals surface area contributed by atoms with Gasteiger partial charge in [0, 0.05) is 24.8 Å². The fraction of sp³-hybridized carbons (Fsp3) is 0.625. The van der Waals surface area contributed by atoms with Gasteiger partial charge in [-0.15, -0.1) is 0 Å². The summed E-state index contributed by atoms with van der Waals surface area (Å²) in [5.74, 6) is 0. The first-order chi connectivity index (χ1) is 8.80. The van der Waals surface area contributed by atoms with Crippen LogP contribution >= 0.6 is 0 Å². The first-order valence-electron chi connectivity index (χ1n) is 7.39. The molecule has 2 nitrogen and oxygen atoms in total. The van der Waals surface area contributed by atoms with Gasteiger partial charge in [-0.05, 0) is 36.9 Å². The molecule has 1 N–H and O–H groups in total. The number of rotatable bonds is 5. The van der Waals surface area contributed by atoms with E-state index in [2.05, 4.69) is 49.2 Å². The van der Waals surface area contributed by atoms with Gasteiger partial charge in [0.2, 0.25) is 0 Å². The third-order valence-electron chi connectivity index (χ3n) is 3.96. The number of benzene rings is 1. The zero-order chi connectivity index (χ0) is 13.0. The van der Waals surface area contributed by atoms with Crippen LogP contribution in [0.5, 0.6) is 0 Å². The molecule has 1 aliphatic rings. The van der Waals surface area contributed by atoms with E-state index in [0.29, 0.717) is 6.04 Å². The van der Waals surface area contributed by atoms with E-state index in [-0.39, 0.29) is 0 Å². The van der Waals surface area contributed by atoms with Gasteiger partial charge in [-0.3, -0.25) is 0 Å². The fourth-order valence-corrected chi connectivity index (χ4v) is 3.04. The molecule has 0 aromatic heterocycles. The molecule has 1 atom stereocenters. The van der Waals surface area contributed by atoms with Gasteiger partial charge in [-0.1, -0.05) is 39.0 Å². The molecule has 2 rings (SSSR count). The van der Waals surface area contributed by atoms with Crippen molar-refractivity contribution in [2.75, 3.05) is 24.5 Å². The highest BCUT2D eigenvalue weighted by Gasteiger charge is 2.24. The van der Waals surface area contributed by atoms with Gasteiger partial charge < -0.3 is 10.2 Å². The summed E-state index contributed by atoms with van der Waals surface area (Å²) in [6.07, 6.45) is 3.53. The van der Waals surface area contributed by atoms with E-state index in [0.717, 1.165) is 25.9 Å². The van der Waals surface area contributed by atoms with Gasteiger partial charge >= 0.3 is 0 Å². The van der Waals surface area contributed by atoms with Gasteiger partial charge in [0.1, 0.15) is 0 Å². The Labute approximate surface area is 111 Å². The van der Waals surface area contributed by atoms with Crippen molar-refractivity contribution in [1.82, 2.24) is 5.32 Å². The molecule has 0 saturated carbocycles. The maximum absolute atomic E-state index is 3.58. The summed E-state index contributed by atoms with van der Waals surface area (Å²) in [6.45, 7) is 10.2. The van der Waals surface area contributed by atoms with Crippen LogP contribution in [0.25, 0.3) is 0 Å². The molecule has 1 aromatic rings. The van der Waals surface area contributed by atoms with E-state index < -0.39 is 0 Å². The normalized spacial score (nSPS) is 19.5. The Morgan fingerprint density at radius 3 is 2.39 bits per heavy atom. The Balaban J connectivity index is 2.22. The van der Waals surface area contributed by atoms with Crippen LogP contribution in [0, 0.1) is 0 Å². The fourth-order valence-electron chi connectivity index (χ4n) is 3.04. The molecule has 0 bridgehead atoms. The molecule has 0 aliphatic carbocycles. The summed E-state index contributed by atoms with van der Waals surface area (Å²) in [5.41, 5.74) is 4.53. The number of nitrogens with zero attached hydrogens (tertiary/aromatic N) is 1. The minimum Gasteiger partial charge on any atom is -0.369 e. The molecule has 0 amide bonds. The first kappa shape index (κ1) is 13.4. The second-order valence-electron chi connectivity index (χ2n) is 5.12. The van der Waals surface area contributed by atoms with E-state index in [1.54, 1.807) is 0 Å². The van der Waals surface area contributed by atoms with Gasteiger partial charge in [0.25, 0.3) is 0 Å². The summed E-state index contributed by atoms with van der Waals surface area (Å²) >= 11 is 0. The van der Waals surface area contributed by atoms with Crippen LogP contribution in [0.4, 0.5) is 5.69 Å². The summed E-state index contributed by atoms with van der Waals surface area (Å²) in [5, 5.41) is 3.58. The van der Waals surface area contributed by atoms with Crippen LogP contribution in [0.2, 0.25) is 0 Å². The molecule has 1 unspecified atom stereocenters. The molecule has 18 heavy (non-hydrogen) atoms. The Hall–Kier alpha value is -1.02. The smallest absolute Gasteiger partial charge is 0.0431 e. The summed E-state index contributed by atoms with van der Waals surface area (Å²) < 4.78 is 0. The zero-order valence-electron chi connectivity index (χ0n) is 12.0. The van der Waals surface area contributed by atoms with Crippen molar-refractivity contribution in [3.63, 3.8) is 0 Å². The Kier molecular flexibility index (Phi) is 4.65. The Bertz CT molecular complexity index is 364. The second kappa shape index (κ2) is 6.24. The molecule has 2 heteroatoms. The second-order valence-corrected chi connectivity index (χ2v) is 5.12. The van der Waals surface area contributed by atoms with E-state index in [1.807, 2.05) is 0 Å². The van der Waals surface area contributed by atoms with Gasteiger partial charge in [-0.2, -0.15) is 0 Å². The summed E-state index contributed by atoms with van der Waals surface area (Å²) in [4.78, 5) is 2.59. The number of likely N-dealkylation sites (N-methyl/N-ethyl adjacent to an activating group) is 1. The maximum atomic E-state index is 3.58. The van der Waals surface area contributed by atoms with Crippen molar-refractivity contribution in [2.45, 2.75) is 46.1 Å². The van der Waals surface area contributed by atoms with E-state index >= 15 is 0 Å². The number of aryl methyl sites for hydroxylation is 2. The monoisotopic (exact) mass is 246 g/mol. The SMILES string of the molecule is CCNC1CCN(c2c(CC)cccc2CC)C1. The molecule has 0 radical (unpaired) electrons. The van der Waals surface area contributed by atoms with E-state index in [9.17, 15) is 0 Å². The molecule has 1 saturated heterocycles. The minimum absolute atomic E-state index is 0.671. The van der Waals surface area contributed by atoms with Crippen LogP contribution in [0.1, 0.15) is 38.3 Å². The van der Waals surface area contributed by atoms with Crippen molar-refractivity contribution in [1.29, 1.82) is 0 Å². The van der Waals surface area contributed by atoms with Crippen molar-refractivity contribution in [3.05, 3.63) is 29.3 Å².